The Hall–Kier alpha value is -3.09. The highest BCUT2D eigenvalue weighted by molar-refractivity contribution is 5.64. The molecule has 0 aliphatic carbocycles. The van der Waals surface area contributed by atoms with E-state index in [1.807, 2.05) is 55.3 Å². The molecule has 7 heteroatoms. The third-order valence-corrected chi connectivity index (χ3v) is 4.65. The number of likely N-dealkylation sites (N-methyl/N-ethyl adjacent to an activating group) is 1. The van der Waals surface area contributed by atoms with Crippen molar-refractivity contribution < 1.29 is 4.39 Å². The van der Waals surface area contributed by atoms with E-state index in [0.717, 1.165) is 17.2 Å². The minimum absolute atomic E-state index is 0.249. The molecule has 0 spiro atoms. The second-order valence-corrected chi connectivity index (χ2v) is 6.36. The molecule has 1 fully saturated rings. The molecule has 0 N–H and O–H groups in total. The number of hydrogen-bond donors (Lipinski definition) is 0. The molecule has 0 bridgehead atoms. The smallest absolute Gasteiger partial charge is 0.191 e. The van der Waals surface area contributed by atoms with Gasteiger partial charge >= 0.3 is 0 Å². The summed E-state index contributed by atoms with van der Waals surface area (Å²) in [5, 5.41) is 0. The minimum Gasteiger partial charge on any atom is -0.353 e. The van der Waals surface area contributed by atoms with E-state index in [-0.39, 0.29) is 11.9 Å². The molecule has 0 unspecified atom stereocenters. The molecule has 0 amide bonds. The standard InChI is InChI=1S/C19H19FN6/c1-13-21-9-8-16(24-13)25(2)15-10-26(11-15)19-17(20)18(22-12-23-19)14-6-4-3-5-7-14/h3-9,12,15H,10-11H2,1-2H3. The molecule has 2 aromatic heterocycles. The van der Waals surface area contributed by atoms with E-state index in [9.17, 15) is 4.39 Å². The Morgan fingerprint density at radius 2 is 1.85 bits per heavy atom. The number of aromatic nitrogens is 4. The summed E-state index contributed by atoms with van der Waals surface area (Å²) in [6, 6.07) is 11.5. The SMILES string of the molecule is Cc1nccc(N(C)C2CN(c3ncnc(-c4ccccc4)c3F)C2)n1. The highest BCUT2D eigenvalue weighted by atomic mass is 19.1. The van der Waals surface area contributed by atoms with Gasteiger partial charge in [0.05, 0.1) is 6.04 Å². The quantitative estimate of drug-likeness (QED) is 0.721. The molecule has 3 heterocycles. The molecule has 3 aromatic rings. The van der Waals surface area contributed by atoms with Gasteiger partial charge in [-0.2, -0.15) is 0 Å². The summed E-state index contributed by atoms with van der Waals surface area (Å²) in [6.45, 7) is 3.23. The zero-order valence-corrected chi connectivity index (χ0v) is 14.7. The third-order valence-electron chi connectivity index (χ3n) is 4.65. The van der Waals surface area contributed by atoms with E-state index in [1.165, 1.54) is 6.33 Å². The van der Waals surface area contributed by atoms with Crippen LogP contribution in [-0.4, -0.2) is 46.1 Å². The number of halogens is 1. The lowest BCUT2D eigenvalue weighted by Crippen LogP contribution is -2.59. The monoisotopic (exact) mass is 350 g/mol. The topological polar surface area (TPSA) is 58.0 Å². The fourth-order valence-corrected chi connectivity index (χ4v) is 3.08. The summed E-state index contributed by atoms with van der Waals surface area (Å²) in [4.78, 5) is 20.9. The van der Waals surface area contributed by atoms with Crippen molar-refractivity contribution >= 4 is 11.6 Å². The normalized spacial score (nSPS) is 14.2. The fraction of sp³-hybridized carbons (Fsp3) is 0.263. The Balaban J connectivity index is 1.51. The number of nitrogens with zero attached hydrogens (tertiary/aromatic N) is 6. The molecule has 0 radical (unpaired) electrons. The summed E-state index contributed by atoms with van der Waals surface area (Å²) in [6.07, 6.45) is 3.17. The Kier molecular flexibility index (Phi) is 4.20. The highest BCUT2D eigenvalue weighted by Crippen LogP contribution is 2.30. The maximum Gasteiger partial charge on any atom is 0.191 e. The molecule has 1 aromatic carbocycles. The van der Waals surface area contributed by atoms with Crippen molar-refractivity contribution in [2.24, 2.45) is 0 Å². The summed E-state index contributed by atoms with van der Waals surface area (Å²) in [5.41, 5.74) is 1.08. The van der Waals surface area contributed by atoms with Crippen LogP contribution in [0.2, 0.25) is 0 Å². The van der Waals surface area contributed by atoms with Crippen LogP contribution < -0.4 is 9.80 Å². The third kappa shape index (κ3) is 2.96. The molecule has 132 valence electrons. The first-order chi connectivity index (χ1) is 12.6. The molecular weight excluding hydrogens is 331 g/mol. The first kappa shape index (κ1) is 16.4. The van der Waals surface area contributed by atoms with Crippen molar-refractivity contribution in [3.05, 3.63) is 60.6 Å². The van der Waals surface area contributed by atoms with Crippen LogP contribution in [0.4, 0.5) is 16.0 Å². The molecule has 1 aliphatic rings. The van der Waals surface area contributed by atoms with Gasteiger partial charge in [-0.3, -0.25) is 0 Å². The summed E-state index contributed by atoms with van der Waals surface area (Å²) >= 11 is 0. The van der Waals surface area contributed by atoms with Crippen molar-refractivity contribution in [1.29, 1.82) is 0 Å². The van der Waals surface area contributed by atoms with Crippen LogP contribution in [0.3, 0.4) is 0 Å². The predicted octanol–water partition coefficient (Wildman–Crippen LogP) is 2.71. The largest absolute Gasteiger partial charge is 0.353 e. The van der Waals surface area contributed by atoms with Crippen LogP contribution in [0, 0.1) is 12.7 Å². The van der Waals surface area contributed by atoms with E-state index in [2.05, 4.69) is 24.8 Å². The number of benzene rings is 1. The van der Waals surface area contributed by atoms with Crippen molar-refractivity contribution in [3.63, 3.8) is 0 Å². The van der Waals surface area contributed by atoms with Crippen LogP contribution in [0.5, 0.6) is 0 Å². The van der Waals surface area contributed by atoms with Gasteiger partial charge in [-0.05, 0) is 13.0 Å². The molecule has 4 rings (SSSR count). The van der Waals surface area contributed by atoms with Gasteiger partial charge < -0.3 is 9.80 Å². The van der Waals surface area contributed by atoms with Crippen molar-refractivity contribution in [2.45, 2.75) is 13.0 Å². The molecule has 0 atom stereocenters. The van der Waals surface area contributed by atoms with E-state index >= 15 is 0 Å². The first-order valence-electron chi connectivity index (χ1n) is 8.47. The van der Waals surface area contributed by atoms with Gasteiger partial charge in [0.15, 0.2) is 11.6 Å². The van der Waals surface area contributed by atoms with Gasteiger partial charge in [-0.25, -0.2) is 24.3 Å². The minimum atomic E-state index is -0.377. The zero-order chi connectivity index (χ0) is 18.1. The van der Waals surface area contributed by atoms with Crippen molar-refractivity contribution in [3.8, 4) is 11.3 Å². The van der Waals surface area contributed by atoms with E-state index < -0.39 is 0 Å². The Bertz CT molecular complexity index is 911. The van der Waals surface area contributed by atoms with E-state index in [0.29, 0.717) is 24.6 Å². The number of hydrogen-bond acceptors (Lipinski definition) is 6. The molecule has 26 heavy (non-hydrogen) atoms. The van der Waals surface area contributed by atoms with Gasteiger partial charge in [-0.1, -0.05) is 30.3 Å². The molecule has 1 aliphatic heterocycles. The number of anilines is 2. The van der Waals surface area contributed by atoms with Crippen LogP contribution in [0.1, 0.15) is 5.82 Å². The van der Waals surface area contributed by atoms with Crippen LogP contribution in [0.15, 0.2) is 48.9 Å². The Morgan fingerprint density at radius 1 is 1.08 bits per heavy atom. The summed E-state index contributed by atoms with van der Waals surface area (Å²) in [7, 11) is 2.00. The number of rotatable bonds is 4. The maximum absolute atomic E-state index is 14.9. The molecule has 1 saturated heterocycles. The fourth-order valence-electron chi connectivity index (χ4n) is 3.08. The second kappa shape index (κ2) is 6.67. The maximum atomic E-state index is 14.9. The van der Waals surface area contributed by atoms with Crippen LogP contribution in [0.25, 0.3) is 11.3 Å². The van der Waals surface area contributed by atoms with Gasteiger partial charge in [0.25, 0.3) is 0 Å². The van der Waals surface area contributed by atoms with Gasteiger partial charge in [0, 0.05) is 31.9 Å². The average molecular weight is 350 g/mol. The number of aryl methyl sites for hydroxylation is 1. The predicted molar refractivity (Wildman–Crippen MR) is 98.6 cm³/mol. The van der Waals surface area contributed by atoms with Gasteiger partial charge in [0.2, 0.25) is 0 Å². The zero-order valence-electron chi connectivity index (χ0n) is 14.7. The lowest BCUT2D eigenvalue weighted by Gasteiger charge is -2.45. The lowest BCUT2D eigenvalue weighted by atomic mass is 10.1. The Labute approximate surface area is 151 Å². The summed E-state index contributed by atoms with van der Waals surface area (Å²) in [5.74, 6) is 1.58. The molecule has 0 saturated carbocycles. The van der Waals surface area contributed by atoms with Crippen LogP contribution in [-0.2, 0) is 0 Å². The van der Waals surface area contributed by atoms with E-state index in [1.54, 1.807) is 6.20 Å². The van der Waals surface area contributed by atoms with E-state index in [4.69, 9.17) is 0 Å². The summed E-state index contributed by atoms with van der Waals surface area (Å²) < 4.78 is 14.9. The van der Waals surface area contributed by atoms with Crippen molar-refractivity contribution in [2.75, 3.05) is 29.9 Å². The molecule has 6 nitrogen and oxygen atoms in total. The average Bonchev–Trinajstić information content (AvgIpc) is 2.62. The lowest BCUT2D eigenvalue weighted by molar-refractivity contribution is 0.476. The Morgan fingerprint density at radius 3 is 2.58 bits per heavy atom. The first-order valence-corrected chi connectivity index (χ1v) is 8.47. The van der Waals surface area contributed by atoms with Crippen LogP contribution >= 0.6 is 0 Å². The van der Waals surface area contributed by atoms with Crippen molar-refractivity contribution in [1.82, 2.24) is 19.9 Å². The van der Waals surface area contributed by atoms with Gasteiger partial charge in [0.1, 0.15) is 23.7 Å². The second-order valence-electron chi connectivity index (χ2n) is 6.36. The van der Waals surface area contributed by atoms with Gasteiger partial charge in [-0.15, -0.1) is 0 Å². The highest BCUT2D eigenvalue weighted by Gasteiger charge is 2.34. The molecular formula is C19H19FN6.